The molecule has 1 saturated heterocycles. The van der Waals surface area contributed by atoms with Crippen LogP contribution in [0.1, 0.15) is 19.3 Å². The van der Waals surface area contributed by atoms with Crippen LogP contribution in [0.4, 0.5) is 0 Å². The third kappa shape index (κ3) is 13.3. The molecule has 0 aromatic heterocycles. The van der Waals surface area contributed by atoms with Crippen LogP contribution in [-0.2, 0) is 28.4 Å². The molecule has 1 aliphatic heterocycles. The zero-order chi connectivity index (χ0) is 18.7. The molecule has 0 radical (unpaired) electrons. The summed E-state index contributed by atoms with van der Waals surface area (Å²) in [6, 6.07) is 0. The lowest BCUT2D eigenvalue weighted by Crippen LogP contribution is -2.30. The lowest BCUT2D eigenvalue weighted by Gasteiger charge is -2.25. The SMILES string of the molecule is [N-]=[N+]=NC[C@@H](COC1CCCCO1)OCCOCCOCCOCCO. The Morgan fingerprint density at radius 1 is 1.04 bits per heavy atom. The van der Waals surface area contributed by atoms with Crippen molar-refractivity contribution in [2.45, 2.75) is 31.7 Å². The minimum absolute atomic E-state index is 0.0164. The first-order valence-electron chi connectivity index (χ1n) is 9.06. The third-order valence-electron chi connectivity index (χ3n) is 3.52. The molecular weight excluding hydrogens is 346 g/mol. The molecule has 0 spiro atoms. The Morgan fingerprint density at radius 2 is 1.73 bits per heavy atom. The molecule has 0 amide bonds. The summed E-state index contributed by atoms with van der Waals surface area (Å²) in [4.78, 5) is 2.76. The van der Waals surface area contributed by atoms with Crippen LogP contribution in [0.3, 0.4) is 0 Å². The van der Waals surface area contributed by atoms with E-state index < -0.39 is 0 Å². The monoisotopic (exact) mass is 377 g/mol. The van der Waals surface area contributed by atoms with Crippen molar-refractivity contribution in [3.8, 4) is 0 Å². The highest BCUT2D eigenvalue weighted by molar-refractivity contribution is 4.63. The van der Waals surface area contributed by atoms with Crippen molar-refractivity contribution < 1.29 is 33.5 Å². The number of aliphatic hydroxyl groups is 1. The number of rotatable bonds is 17. The van der Waals surface area contributed by atoms with Gasteiger partial charge in [-0.2, -0.15) is 0 Å². The summed E-state index contributed by atoms with van der Waals surface area (Å²) >= 11 is 0. The number of azide groups is 1. The van der Waals surface area contributed by atoms with Crippen molar-refractivity contribution >= 4 is 0 Å². The lowest BCUT2D eigenvalue weighted by molar-refractivity contribution is -0.179. The van der Waals surface area contributed by atoms with E-state index in [9.17, 15) is 0 Å². The standard InChI is InChI=1S/C16H31N3O7/c17-19-18-13-15(14-26-16-3-1-2-5-25-16)24-12-11-23-10-9-22-8-7-21-6-4-20/h15-16,20H,1-14H2/t15-,16?/m0/s1. The fourth-order valence-corrected chi connectivity index (χ4v) is 2.22. The Hall–Kier alpha value is -0.970. The van der Waals surface area contributed by atoms with Gasteiger partial charge in [0.1, 0.15) is 0 Å². The summed E-state index contributed by atoms with van der Waals surface area (Å²) < 4.78 is 32.6. The van der Waals surface area contributed by atoms with Crippen molar-refractivity contribution in [1.82, 2.24) is 0 Å². The molecule has 1 aliphatic rings. The zero-order valence-electron chi connectivity index (χ0n) is 15.3. The van der Waals surface area contributed by atoms with Gasteiger partial charge in [0.15, 0.2) is 6.29 Å². The highest BCUT2D eigenvalue weighted by atomic mass is 16.7. The average Bonchev–Trinajstić information content (AvgIpc) is 2.68. The summed E-state index contributed by atoms with van der Waals surface area (Å²) in [6.45, 7) is 4.22. The Balaban J connectivity index is 1.99. The molecule has 0 aromatic carbocycles. The molecule has 2 atom stereocenters. The van der Waals surface area contributed by atoms with Gasteiger partial charge in [0.25, 0.3) is 0 Å². The summed E-state index contributed by atoms with van der Waals surface area (Å²) in [6.07, 6.45) is 2.52. The topological polar surface area (TPSA) is 124 Å². The van der Waals surface area contributed by atoms with Crippen LogP contribution in [0.5, 0.6) is 0 Å². The van der Waals surface area contributed by atoms with E-state index in [1.807, 2.05) is 0 Å². The Kier molecular flexibility index (Phi) is 15.5. The minimum atomic E-state index is -0.319. The van der Waals surface area contributed by atoms with E-state index in [0.29, 0.717) is 52.9 Å². The quantitative estimate of drug-likeness (QED) is 0.175. The van der Waals surface area contributed by atoms with Gasteiger partial charge in [-0.25, -0.2) is 0 Å². The maximum atomic E-state index is 8.54. The highest BCUT2D eigenvalue weighted by Crippen LogP contribution is 2.14. The van der Waals surface area contributed by atoms with Gasteiger partial charge in [0, 0.05) is 11.5 Å². The number of ether oxygens (including phenoxy) is 6. The maximum Gasteiger partial charge on any atom is 0.157 e. The van der Waals surface area contributed by atoms with Crippen molar-refractivity contribution in [3.05, 3.63) is 10.4 Å². The molecular formula is C16H31N3O7. The molecule has 1 unspecified atom stereocenters. The van der Waals surface area contributed by atoms with Gasteiger partial charge in [0.05, 0.1) is 72.1 Å². The van der Waals surface area contributed by atoms with Crippen LogP contribution in [0.2, 0.25) is 0 Å². The van der Waals surface area contributed by atoms with E-state index in [2.05, 4.69) is 10.0 Å². The predicted molar refractivity (Wildman–Crippen MR) is 92.8 cm³/mol. The fourth-order valence-electron chi connectivity index (χ4n) is 2.22. The molecule has 0 aliphatic carbocycles. The van der Waals surface area contributed by atoms with E-state index in [-0.39, 0.29) is 25.5 Å². The van der Waals surface area contributed by atoms with E-state index in [1.165, 1.54) is 0 Å². The van der Waals surface area contributed by atoms with Crippen LogP contribution >= 0.6 is 0 Å². The second-order valence-corrected chi connectivity index (χ2v) is 5.60. The predicted octanol–water partition coefficient (Wildman–Crippen LogP) is 1.27. The number of hydrogen-bond acceptors (Lipinski definition) is 8. The van der Waals surface area contributed by atoms with E-state index in [4.69, 9.17) is 39.1 Å². The van der Waals surface area contributed by atoms with Gasteiger partial charge in [0.2, 0.25) is 0 Å². The van der Waals surface area contributed by atoms with Gasteiger partial charge in [-0.15, -0.1) is 0 Å². The maximum absolute atomic E-state index is 8.54. The van der Waals surface area contributed by atoms with Crippen molar-refractivity contribution in [1.29, 1.82) is 0 Å². The van der Waals surface area contributed by atoms with Crippen LogP contribution in [0, 0.1) is 0 Å². The van der Waals surface area contributed by atoms with Crippen molar-refractivity contribution in [2.75, 3.05) is 72.6 Å². The molecule has 26 heavy (non-hydrogen) atoms. The Bertz CT molecular complexity index is 364. The summed E-state index contributed by atoms with van der Waals surface area (Å²) in [5.41, 5.74) is 8.47. The third-order valence-corrected chi connectivity index (χ3v) is 3.52. The van der Waals surface area contributed by atoms with Crippen LogP contribution < -0.4 is 0 Å². The van der Waals surface area contributed by atoms with Crippen LogP contribution in [-0.4, -0.2) is 90.1 Å². The largest absolute Gasteiger partial charge is 0.394 e. The normalized spacial score (nSPS) is 18.4. The first kappa shape index (κ1) is 23.1. The smallest absolute Gasteiger partial charge is 0.157 e. The van der Waals surface area contributed by atoms with Gasteiger partial charge < -0.3 is 33.5 Å². The van der Waals surface area contributed by atoms with Crippen LogP contribution in [0.25, 0.3) is 10.4 Å². The number of hydrogen-bond donors (Lipinski definition) is 1. The molecule has 0 saturated carbocycles. The molecule has 0 bridgehead atoms. The molecule has 10 nitrogen and oxygen atoms in total. The Morgan fingerprint density at radius 3 is 2.35 bits per heavy atom. The number of nitrogens with zero attached hydrogens (tertiary/aromatic N) is 3. The highest BCUT2D eigenvalue weighted by Gasteiger charge is 2.17. The van der Waals surface area contributed by atoms with Crippen LogP contribution in [0.15, 0.2) is 5.11 Å². The summed E-state index contributed by atoms with van der Waals surface area (Å²) in [5.74, 6) is 0. The molecule has 152 valence electrons. The molecule has 10 heteroatoms. The number of aliphatic hydroxyl groups excluding tert-OH is 1. The fraction of sp³-hybridized carbons (Fsp3) is 1.00. The summed E-state index contributed by atoms with van der Waals surface area (Å²) in [5, 5.41) is 12.1. The van der Waals surface area contributed by atoms with Gasteiger partial charge in [-0.1, -0.05) is 5.11 Å². The van der Waals surface area contributed by atoms with E-state index in [1.54, 1.807) is 0 Å². The minimum Gasteiger partial charge on any atom is -0.394 e. The first-order chi connectivity index (χ1) is 12.9. The molecule has 1 N–H and O–H groups in total. The van der Waals surface area contributed by atoms with Gasteiger partial charge in [-0.3, -0.25) is 0 Å². The molecule has 0 aromatic rings. The molecule has 1 fully saturated rings. The first-order valence-corrected chi connectivity index (χ1v) is 9.06. The average molecular weight is 377 g/mol. The second-order valence-electron chi connectivity index (χ2n) is 5.60. The van der Waals surface area contributed by atoms with E-state index in [0.717, 1.165) is 25.9 Å². The molecule has 1 rings (SSSR count). The lowest BCUT2D eigenvalue weighted by atomic mass is 10.2. The van der Waals surface area contributed by atoms with E-state index >= 15 is 0 Å². The molecule has 1 heterocycles. The van der Waals surface area contributed by atoms with Gasteiger partial charge in [-0.05, 0) is 24.8 Å². The van der Waals surface area contributed by atoms with Crippen molar-refractivity contribution in [3.63, 3.8) is 0 Å². The van der Waals surface area contributed by atoms with Gasteiger partial charge >= 0.3 is 0 Å². The van der Waals surface area contributed by atoms with Crippen molar-refractivity contribution in [2.24, 2.45) is 5.11 Å². The zero-order valence-corrected chi connectivity index (χ0v) is 15.3. The Labute approximate surface area is 154 Å². The summed E-state index contributed by atoms with van der Waals surface area (Å²) in [7, 11) is 0. The second kappa shape index (κ2) is 17.4.